The van der Waals surface area contributed by atoms with Crippen LogP contribution in [0.2, 0.25) is 0 Å². The van der Waals surface area contributed by atoms with Crippen LogP contribution in [0.15, 0.2) is 42.5 Å². The lowest BCUT2D eigenvalue weighted by Crippen LogP contribution is -2.33. The van der Waals surface area contributed by atoms with Gasteiger partial charge in [-0.05, 0) is 62.1 Å². The SMILES string of the molecule is CC1CCN(c2ccc(N[C@H](C)C(=O)Nc3cc(F)ccc3F)cc2)CC1. The Morgan fingerprint density at radius 2 is 1.78 bits per heavy atom. The second kappa shape index (κ2) is 8.37. The van der Waals surface area contributed by atoms with Gasteiger partial charge in [-0.2, -0.15) is 0 Å². The molecule has 1 aliphatic heterocycles. The quantitative estimate of drug-likeness (QED) is 0.802. The van der Waals surface area contributed by atoms with Crippen molar-refractivity contribution in [1.29, 1.82) is 0 Å². The summed E-state index contributed by atoms with van der Waals surface area (Å²) < 4.78 is 26.9. The molecule has 3 rings (SSSR count). The number of hydrogen-bond donors (Lipinski definition) is 2. The van der Waals surface area contributed by atoms with E-state index in [2.05, 4.69) is 22.5 Å². The summed E-state index contributed by atoms with van der Waals surface area (Å²) in [6.45, 7) is 6.08. The van der Waals surface area contributed by atoms with E-state index in [4.69, 9.17) is 0 Å². The number of hydrogen-bond acceptors (Lipinski definition) is 3. The molecule has 0 bridgehead atoms. The Labute approximate surface area is 158 Å². The fourth-order valence-corrected chi connectivity index (χ4v) is 3.19. The molecule has 1 heterocycles. The number of carbonyl (C=O) groups is 1. The van der Waals surface area contributed by atoms with Crippen molar-refractivity contribution >= 4 is 23.0 Å². The van der Waals surface area contributed by atoms with Crippen LogP contribution in [0.3, 0.4) is 0 Å². The average Bonchev–Trinajstić information content (AvgIpc) is 2.66. The van der Waals surface area contributed by atoms with Crippen molar-refractivity contribution in [1.82, 2.24) is 0 Å². The highest BCUT2D eigenvalue weighted by atomic mass is 19.1. The molecule has 1 aliphatic rings. The number of benzene rings is 2. The minimum absolute atomic E-state index is 0.164. The zero-order valence-corrected chi connectivity index (χ0v) is 15.6. The Bertz CT molecular complexity index is 787. The summed E-state index contributed by atoms with van der Waals surface area (Å²) in [5.41, 5.74) is 1.81. The van der Waals surface area contributed by atoms with Gasteiger partial charge in [0.2, 0.25) is 5.91 Å². The van der Waals surface area contributed by atoms with E-state index in [9.17, 15) is 13.6 Å². The first kappa shape index (κ1) is 19.1. The van der Waals surface area contributed by atoms with Gasteiger partial charge in [-0.25, -0.2) is 8.78 Å². The number of carbonyl (C=O) groups excluding carboxylic acids is 1. The molecular weight excluding hydrogens is 348 g/mol. The smallest absolute Gasteiger partial charge is 0.246 e. The third-order valence-electron chi connectivity index (χ3n) is 4.98. The molecule has 2 aromatic rings. The zero-order valence-electron chi connectivity index (χ0n) is 15.6. The molecule has 27 heavy (non-hydrogen) atoms. The Kier molecular flexibility index (Phi) is 5.94. The summed E-state index contributed by atoms with van der Waals surface area (Å²) in [6.07, 6.45) is 2.40. The van der Waals surface area contributed by atoms with Crippen molar-refractivity contribution in [2.24, 2.45) is 5.92 Å². The van der Waals surface area contributed by atoms with Crippen LogP contribution in [0.5, 0.6) is 0 Å². The molecule has 1 fully saturated rings. The molecule has 0 unspecified atom stereocenters. The van der Waals surface area contributed by atoms with Gasteiger partial charge in [-0.1, -0.05) is 6.92 Å². The first-order valence-corrected chi connectivity index (χ1v) is 9.30. The monoisotopic (exact) mass is 373 g/mol. The van der Waals surface area contributed by atoms with Crippen molar-refractivity contribution in [3.8, 4) is 0 Å². The van der Waals surface area contributed by atoms with E-state index in [0.717, 1.165) is 42.9 Å². The van der Waals surface area contributed by atoms with Crippen molar-refractivity contribution in [3.63, 3.8) is 0 Å². The van der Waals surface area contributed by atoms with E-state index >= 15 is 0 Å². The maximum Gasteiger partial charge on any atom is 0.246 e. The standard InChI is InChI=1S/C21H25F2N3O/c1-14-9-11-26(12-10-14)18-6-4-17(5-7-18)24-15(2)21(27)25-20-13-16(22)3-8-19(20)23/h3-8,13-15,24H,9-12H2,1-2H3,(H,25,27)/t15-/m1/s1. The summed E-state index contributed by atoms with van der Waals surface area (Å²) in [5, 5.41) is 5.50. The maximum atomic E-state index is 13.7. The fraction of sp³-hybridized carbons (Fsp3) is 0.381. The minimum Gasteiger partial charge on any atom is -0.374 e. The summed E-state index contributed by atoms with van der Waals surface area (Å²) >= 11 is 0. The summed E-state index contributed by atoms with van der Waals surface area (Å²) in [5.74, 6) is -0.926. The Morgan fingerprint density at radius 3 is 2.44 bits per heavy atom. The molecular formula is C21H25F2N3O. The van der Waals surface area contributed by atoms with E-state index in [1.807, 2.05) is 24.3 Å². The van der Waals surface area contributed by atoms with E-state index in [-0.39, 0.29) is 5.69 Å². The van der Waals surface area contributed by atoms with Crippen LogP contribution in [0.1, 0.15) is 26.7 Å². The number of rotatable bonds is 5. The molecule has 144 valence electrons. The molecule has 6 heteroatoms. The normalized spacial score (nSPS) is 16.1. The third kappa shape index (κ3) is 4.96. The van der Waals surface area contributed by atoms with Crippen LogP contribution in [-0.4, -0.2) is 25.0 Å². The number of amides is 1. The van der Waals surface area contributed by atoms with Crippen molar-refractivity contribution in [3.05, 3.63) is 54.1 Å². The highest BCUT2D eigenvalue weighted by Crippen LogP contribution is 2.24. The number of nitrogens with one attached hydrogen (secondary N) is 2. The summed E-state index contributed by atoms with van der Waals surface area (Å²) in [7, 11) is 0. The molecule has 1 amide bonds. The Balaban J connectivity index is 1.57. The molecule has 0 spiro atoms. The van der Waals surface area contributed by atoms with Crippen molar-refractivity contribution in [2.45, 2.75) is 32.7 Å². The molecule has 0 aromatic heterocycles. The maximum absolute atomic E-state index is 13.7. The predicted molar refractivity (Wildman–Crippen MR) is 105 cm³/mol. The van der Waals surface area contributed by atoms with Gasteiger partial charge in [0.1, 0.15) is 17.7 Å². The van der Waals surface area contributed by atoms with Gasteiger partial charge in [0.25, 0.3) is 0 Å². The highest BCUT2D eigenvalue weighted by molar-refractivity contribution is 5.96. The second-order valence-corrected chi connectivity index (χ2v) is 7.20. The number of halogens is 2. The molecule has 1 saturated heterocycles. The molecule has 0 radical (unpaired) electrons. The van der Waals surface area contributed by atoms with E-state index < -0.39 is 23.6 Å². The largest absolute Gasteiger partial charge is 0.374 e. The van der Waals surface area contributed by atoms with Crippen LogP contribution in [-0.2, 0) is 4.79 Å². The van der Waals surface area contributed by atoms with Gasteiger partial charge in [0.15, 0.2) is 0 Å². The second-order valence-electron chi connectivity index (χ2n) is 7.20. The zero-order chi connectivity index (χ0) is 19.4. The summed E-state index contributed by atoms with van der Waals surface area (Å²) in [6, 6.07) is 10.3. The molecule has 4 nitrogen and oxygen atoms in total. The van der Waals surface area contributed by atoms with Gasteiger partial charge in [0.05, 0.1) is 5.69 Å². The first-order chi connectivity index (χ1) is 12.9. The first-order valence-electron chi connectivity index (χ1n) is 9.30. The molecule has 1 atom stereocenters. The van der Waals surface area contributed by atoms with Crippen molar-refractivity contribution in [2.75, 3.05) is 28.6 Å². The Morgan fingerprint density at radius 1 is 1.11 bits per heavy atom. The third-order valence-corrected chi connectivity index (χ3v) is 4.98. The average molecular weight is 373 g/mol. The molecule has 0 aliphatic carbocycles. The van der Waals surface area contributed by atoms with Crippen LogP contribution in [0.25, 0.3) is 0 Å². The van der Waals surface area contributed by atoms with Crippen LogP contribution in [0.4, 0.5) is 25.8 Å². The van der Waals surface area contributed by atoms with Crippen LogP contribution >= 0.6 is 0 Å². The van der Waals surface area contributed by atoms with Gasteiger partial charge >= 0.3 is 0 Å². The number of anilines is 3. The lowest BCUT2D eigenvalue weighted by atomic mass is 9.99. The van der Waals surface area contributed by atoms with E-state index in [1.165, 1.54) is 18.5 Å². The van der Waals surface area contributed by atoms with E-state index in [0.29, 0.717) is 0 Å². The van der Waals surface area contributed by atoms with E-state index in [1.54, 1.807) is 6.92 Å². The van der Waals surface area contributed by atoms with Crippen LogP contribution < -0.4 is 15.5 Å². The van der Waals surface area contributed by atoms with Gasteiger partial charge in [-0.3, -0.25) is 4.79 Å². The molecule has 0 saturated carbocycles. The highest BCUT2D eigenvalue weighted by Gasteiger charge is 2.17. The van der Waals surface area contributed by atoms with Gasteiger partial charge < -0.3 is 15.5 Å². The minimum atomic E-state index is -0.669. The van der Waals surface area contributed by atoms with Crippen molar-refractivity contribution < 1.29 is 13.6 Å². The number of piperidine rings is 1. The topological polar surface area (TPSA) is 44.4 Å². The summed E-state index contributed by atoms with van der Waals surface area (Å²) in [4.78, 5) is 14.6. The van der Waals surface area contributed by atoms with Gasteiger partial charge in [0, 0.05) is 30.5 Å². The predicted octanol–water partition coefficient (Wildman–Crippen LogP) is 4.64. The van der Waals surface area contributed by atoms with Crippen LogP contribution in [0, 0.1) is 17.6 Å². The fourth-order valence-electron chi connectivity index (χ4n) is 3.19. The molecule has 2 N–H and O–H groups in total. The lowest BCUT2D eigenvalue weighted by molar-refractivity contribution is -0.116. The molecule has 2 aromatic carbocycles. The lowest BCUT2D eigenvalue weighted by Gasteiger charge is -2.32. The number of nitrogens with zero attached hydrogens (tertiary/aromatic N) is 1. The van der Waals surface area contributed by atoms with Gasteiger partial charge in [-0.15, -0.1) is 0 Å². The Hall–Kier alpha value is -2.63.